The van der Waals surface area contributed by atoms with Crippen molar-refractivity contribution in [2.24, 2.45) is 0 Å². The van der Waals surface area contributed by atoms with E-state index >= 15 is 0 Å². The van der Waals surface area contributed by atoms with Crippen LogP contribution in [0.4, 0.5) is 5.69 Å². The van der Waals surface area contributed by atoms with Crippen molar-refractivity contribution in [3.8, 4) is 5.69 Å². The number of halogens is 1. The van der Waals surface area contributed by atoms with E-state index in [1.165, 1.54) is 0 Å². The fourth-order valence-electron chi connectivity index (χ4n) is 4.65. The Morgan fingerprint density at radius 1 is 1.14 bits per heavy atom. The third kappa shape index (κ3) is 5.11. The molecule has 1 aliphatic heterocycles. The highest BCUT2D eigenvalue weighted by Crippen LogP contribution is 2.28. The van der Waals surface area contributed by atoms with Gasteiger partial charge in [0.2, 0.25) is 0 Å². The number of aryl methyl sites for hydroxylation is 2. The molecule has 0 unspecified atom stereocenters. The lowest BCUT2D eigenvalue weighted by atomic mass is 10.0. The number of rotatable bonds is 6. The minimum absolute atomic E-state index is 0.172. The Morgan fingerprint density at radius 2 is 1.89 bits per heavy atom. The van der Waals surface area contributed by atoms with E-state index in [-0.39, 0.29) is 5.56 Å². The fourth-order valence-corrected chi connectivity index (χ4v) is 4.87. The van der Waals surface area contributed by atoms with Crippen LogP contribution in [0, 0.1) is 13.8 Å². The monoisotopic (exact) mass is 490 g/mol. The second-order valence-corrected chi connectivity index (χ2v) is 9.81. The molecule has 2 aromatic heterocycles. The number of piperidine rings is 1. The van der Waals surface area contributed by atoms with Crippen LogP contribution in [0.2, 0.25) is 5.02 Å². The zero-order chi connectivity index (χ0) is 24.5. The molecule has 1 aliphatic rings. The fraction of sp³-hybridized carbons (Fsp3) is 0.370. The van der Waals surface area contributed by atoms with E-state index in [4.69, 9.17) is 16.6 Å². The largest absolute Gasteiger partial charge is 0.381 e. The Bertz CT molecular complexity index is 1380. The third-order valence-corrected chi connectivity index (χ3v) is 7.27. The number of H-pyrrole nitrogens is 1. The van der Waals surface area contributed by atoms with Gasteiger partial charge in [0.05, 0.1) is 33.0 Å². The van der Waals surface area contributed by atoms with Gasteiger partial charge >= 0.3 is 0 Å². The van der Waals surface area contributed by atoms with Gasteiger partial charge in [0.15, 0.2) is 0 Å². The van der Waals surface area contributed by atoms with Gasteiger partial charge in [-0.1, -0.05) is 30.7 Å². The number of nitrogens with zero attached hydrogens (tertiary/aromatic N) is 4. The number of hydrogen-bond donors (Lipinski definition) is 2. The Morgan fingerprint density at radius 3 is 2.54 bits per heavy atom. The summed E-state index contributed by atoms with van der Waals surface area (Å²) >= 11 is 6.54. The average Bonchev–Trinajstić information content (AvgIpc) is 3.19. The third-order valence-electron chi connectivity index (χ3n) is 6.95. The highest BCUT2D eigenvalue weighted by molar-refractivity contribution is 6.34. The van der Waals surface area contributed by atoms with Gasteiger partial charge in [-0.3, -0.25) is 4.79 Å². The van der Waals surface area contributed by atoms with Crippen molar-refractivity contribution in [2.45, 2.75) is 46.1 Å². The standard InChI is InChI=1S/C27H31ClN6O/c1-4-33-11-9-20(10-12-33)29-25-15-24-22(14-23(25)28)27(35)31-26(30-24)13-19-5-7-21(8-6-19)34-16-17(2)18(3)32-34/h5-8,14-16,20,29H,4,9-13H2,1-3H3,(H,30,31,35). The van der Waals surface area contributed by atoms with Crippen LogP contribution < -0.4 is 10.9 Å². The van der Waals surface area contributed by atoms with Crippen LogP contribution in [0.3, 0.4) is 0 Å². The number of fused-ring (bicyclic) bond motifs is 1. The molecule has 3 heterocycles. The summed E-state index contributed by atoms with van der Waals surface area (Å²) in [6.45, 7) is 9.51. The first-order chi connectivity index (χ1) is 16.9. The Labute approximate surface area is 210 Å². The van der Waals surface area contributed by atoms with Gasteiger partial charge in [-0.25, -0.2) is 9.67 Å². The normalized spacial score (nSPS) is 15.1. The van der Waals surface area contributed by atoms with Gasteiger partial charge < -0.3 is 15.2 Å². The predicted molar refractivity (Wildman–Crippen MR) is 142 cm³/mol. The molecular weight excluding hydrogens is 460 g/mol. The van der Waals surface area contributed by atoms with Crippen molar-refractivity contribution in [3.05, 3.63) is 80.6 Å². The molecule has 1 fully saturated rings. The molecule has 35 heavy (non-hydrogen) atoms. The molecule has 8 heteroatoms. The highest BCUT2D eigenvalue weighted by Gasteiger charge is 2.19. The van der Waals surface area contributed by atoms with E-state index in [9.17, 15) is 4.79 Å². The van der Waals surface area contributed by atoms with E-state index in [1.54, 1.807) is 6.07 Å². The minimum atomic E-state index is -0.172. The van der Waals surface area contributed by atoms with Crippen molar-refractivity contribution >= 4 is 28.2 Å². The zero-order valence-corrected chi connectivity index (χ0v) is 21.2. The molecular formula is C27H31ClN6O. The molecule has 2 N–H and O–H groups in total. The SMILES string of the molecule is CCN1CCC(Nc2cc3nc(Cc4ccc(-n5cc(C)c(C)n5)cc4)[nH]c(=O)c3cc2Cl)CC1. The summed E-state index contributed by atoms with van der Waals surface area (Å²) in [6.07, 6.45) is 4.70. The van der Waals surface area contributed by atoms with Gasteiger partial charge in [-0.2, -0.15) is 5.10 Å². The minimum Gasteiger partial charge on any atom is -0.381 e. The van der Waals surface area contributed by atoms with E-state index in [2.05, 4.69) is 34.1 Å². The number of aromatic amines is 1. The maximum absolute atomic E-state index is 12.8. The van der Waals surface area contributed by atoms with Gasteiger partial charge in [0, 0.05) is 31.7 Å². The van der Waals surface area contributed by atoms with Crippen molar-refractivity contribution in [1.82, 2.24) is 24.6 Å². The van der Waals surface area contributed by atoms with Gasteiger partial charge in [0.25, 0.3) is 5.56 Å². The van der Waals surface area contributed by atoms with Crippen molar-refractivity contribution < 1.29 is 0 Å². The molecule has 0 amide bonds. The first-order valence-corrected chi connectivity index (χ1v) is 12.6. The molecule has 2 aromatic carbocycles. The molecule has 7 nitrogen and oxygen atoms in total. The number of likely N-dealkylation sites (tertiary alicyclic amines) is 1. The zero-order valence-electron chi connectivity index (χ0n) is 20.4. The van der Waals surface area contributed by atoms with Gasteiger partial charge in [0.1, 0.15) is 5.82 Å². The summed E-state index contributed by atoms with van der Waals surface area (Å²) in [5.41, 5.74) is 5.56. The molecule has 4 aromatic rings. The van der Waals surface area contributed by atoms with Crippen LogP contribution in [0.25, 0.3) is 16.6 Å². The second kappa shape index (κ2) is 9.84. The van der Waals surface area contributed by atoms with Crippen LogP contribution in [0.5, 0.6) is 0 Å². The van der Waals surface area contributed by atoms with Crippen LogP contribution >= 0.6 is 11.6 Å². The molecule has 5 rings (SSSR count). The number of aromatic nitrogens is 4. The summed E-state index contributed by atoms with van der Waals surface area (Å²) in [4.78, 5) is 22.9. The Hall–Kier alpha value is -3.16. The second-order valence-electron chi connectivity index (χ2n) is 9.40. The van der Waals surface area contributed by atoms with Crippen LogP contribution in [-0.2, 0) is 6.42 Å². The topological polar surface area (TPSA) is 78.8 Å². The van der Waals surface area contributed by atoms with Crippen molar-refractivity contribution in [3.63, 3.8) is 0 Å². The van der Waals surface area contributed by atoms with Gasteiger partial charge in [-0.05, 0) is 68.6 Å². The molecule has 0 bridgehead atoms. The molecule has 0 spiro atoms. The predicted octanol–water partition coefficient (Wildman–Crippen LogP) is 4.87. The van der Waals surface area contributed by atoms with Crippen LogP contribution in [0.1, 0.15) is 42.4 Å². The van der Waals surface area contributed by atoms with Crippen LogP contribution in [-0.4, -0.2) is 50.3 Å². The van der Waals surface area contributed by atoms with Crippen molar-refractivity contribution in [1.29, 1.82) is 0 Å². The molecule has 0 atom stereocenters. The first kappa shape index (κ1) is 23.6. The Balaban J connectivity index is 1.36. The summed E-state index contributed by atoms with van der Waals surface area (Å²) in [7, 11) is 0. The molecule has 1 saturated heterocycles. The van der Waals surface area contributed by atoms with Crippen LogP contribution in [0.15, 0.2) is 47.4 Å². The average molecular weight is 491 g/mol. The first-order valence-electron chi connectivity index (χ1n) is 12.2. The quantitative estimate of drug-likeness (QED) is 0.403. The Kier molecular flexibility index (Phi) is 6.62. The number of benzene rings is 2. The maximum atomic E-state index is 12.8. The van der Waals surface area contributed by atoms with E-state index < -0.39 is 0 Å². The van der Waals surface area contributed by atoms with E-state index in [1.807, 2.05) is 48.1 Å². The number of nitrogens with one attached hydrogen (secondary N) is 2. The maximum Gasteiger partial charge on any atom is 0.258 e. The molecule has 0 radical (unpaired) electrons. The lowest BCUT2D eigenvalue weighted by Crippen LogP contribution is -2.38. The molecule has 0 saturated carbocycles. The summed E-state index contributed by atoms with van der Waals surface area (Å²) in [5, 5.41) is 9.18. The summed E-state index contributed by atoms with van der Waals surface area (Å²) in [5.74, 6) is 0.630. The molecule has 182 valence electrons. The number of anilines is 1. The van der Waals surface area contributed by atoms with E-state index in [0.29, 0.717) is 34.2 Å². The lowest BCUT2D eigenvalue weighted by molar-refractivity contribution is 0.229. The van der Waals surface area contributed by atoms with Gasteiger partial charge in [-0.15, -0.1) is 0 Å². The van der Waals surface area contributed by atoms with Crippen molar-refractivity contribution in [2.75, 3.05) is 25.0 Å². The summed E-state index contributed by atoms with van der Waals surface area (Å²) in [6, 6.07) is 12.2. The highest BCUT2D eigenvalue weighted by atomic mass is 35.5. The smallest absolute Gasteiger partial charge is 0.258 e. The number of hydrogen-bond acceptors (Lipinski definition) is 5. The van der Waals surface area contributed by atoms with E-state index in [0.717, 1.165) is 60.7 Å². The molecule has 0 aliphatic carbocycles. The summed E-state index contributed by atoms with van der Waals surface area (Å²) < 4.78 is 1.88. The lowest BCUT2D eigenvalue weighted by Gasteiger charge is -2.32.